The van der Waals surface area contributed by atoms with Crippen molar-refractivity contribution in [2.75, 3.05) is 0 Å². The fourth-order valence-corrected chi connectivity index (χ4v) is 3.04. The zero-order chi connectivity index (χ0) is 16.9. The molecule has 1 aromatic heterocycles. The lowest BCUT2D eigenvalue weighted by molar-refractivity contribution is 0.582. The normalized spacial score (nSPS) is 11.8. The van der Waals surface area contributed by atoms with Crippen molar-refractivity contribution < 1.29 is 4.43 Å². The molecule has 0 saturated carbocycles. The van der Waals surface area contributed by atoms with Crippen molar-refractivity contribution in [2.45, 2.75) is 13.1 Å². The van der Waals surface area contributed by atoms with Crippen LogP contribution >= 0.6 is 0 Å². The Morgan fingerprint density at radius 1 is 1.04 bits per heavy atom. The average molecular weight is 334 g/mol. The van der Waals surface area contributed by atoms with Crippen LogP contribution in [0.15, 0.2) is 72.1 Å². The zero-order valence-electron chi connectivity index (χ0n) is 14.1. The predicted octanol–water partition coefficient (Wildman–Crippen LogP) is 4.22. The summed E-state index contributed by atoms with van der Waals surface area (Å²) in [5.41, 5.74) is 3.74. The maximum absolute atomic E-state index is 6.00. The van der Waals surface area contributed by atoms with E-state index in [4.69, 9.17) is 9.42 Å². The van der Waals surface area contributed by atoms with Gasteiger partial charge in [0.15, 0.2) is 0 Å². The summed E-state index contributed by atoms with van der Waals surface area (Å²) in [4.78, 5) is 9.17. The molecule has 3 aromatic rings. The van der Waals surface area contributed by atoms with Crippen LogP contribution in [0.1, 0.15) is 11.3 Å². The van der Waals surface area contributed by atoms with Crippen LogP contribution in [-0.4, -0.2) is 24.3 Å². The molecule has 0 aliphatic heterocycles. The summed E-state index contributed by atoms with van der Waals surface area (Å²) in [7, 11) is 1.12. The number of aliphatic imine (C=N–C) groups is 1. The minimum absolute atomic E-state index is 0.826. The first-order chi connectivity index (χ1) is 11.6. The minimum Gasteiger partial charge on any atom is -0.541 e. The van der Waals surface area contributed by atoms with Crippen LogP contribution in [0.2, 0.25) is 13.1 Å². The average Bonchev–Trinajstić information content (AvgIpc) is 3.00. The molecule has 121 valence electrons. The van der Waals surface area contributed by atoms with Gasteiger partial charge in [0.05, 0.1) is 23.9 Å². The molecule has 0 spiro atoms. The van der Waals surface area contributed by atoms with E-state index in [2.05, 4.69) is 30.2 Å². The molecule has 1 radical (unpaired) electrons. The van der Waals surface area contributed by atoms with Crippen molar-refractivity contribution in [3.63, 3.8) is 0 Å². The number of aryl methyl sites for hydroxylation is 1. The largest absolute Gasteiger partial charge is 0.541 e. The summed E-state index contributed by atoms with van der Waals surface area (Å²) in [6, 6.07) is 18.1. The maximum atomic E-state index is 6.00. The molecule has 0 atom stereocenters. The standard InChI is InChI=1S/C19H20N3OSi/c1-22-14-20-13-17(22)19(15-9-5-4-6-10-15)21-16-11-7-8-12-18(16)23-24(2)3/h4-14H,1-3H3. The molecular weight excluding hydrogens is 314 g/mol. The van der Waals surface area contributed by atoms with Crippen LogP contribution in [0.25, 0.3) is 0 Å². The minimum atomic E-state index is -0.856. The van der Waals surface area contributed by atoms with E-state index in [0.717, 1.165) is 28.4 Å². The number of nitrogens with zero attached hydrogens (tertiary/aromatic N) is 3. The van der Waals surface area contributed by atoms with Gasteiger partial charge in [0.2, 0.25) is 0 Å². The van der Waals surface area contributed by atoms with Crippen LogP contribution in [0.5, 0.6) is 5.75 Å². The number of hydrogen-bond donors (Lipinski definition) is 0. The van der Waals surface area contributed by atoms with E-state index < -0.39 is 9.04 Å². The highest BCUT2D eigenvalue weighted by molar-refractivity contribution is 6.49. The van der Waals surface area contributed by atoms with Crippen LogP contribution < -0.4 is 4.43 Å². The Morgan fingerprint density at radius 3 is 2.42 bits per heavy atom. The number of imidazole rings is 1. The fraction of sp³-hybridized carbons (Fsp3) is 0.158. The maximum Gasteiger partial charge on any atom is 0.274 e. The highest BCUT2D eigenvalue weighted by atomic mass is 28.3. The van der Waals surface area contributed by atoms with Crippen molar-refractivity contribution >= 4 is 20.4 Å². The van der Waals surface area contributed by atoms with Gasteiger partial charge in [-0.05, 0) is 25.2 Å². The van der Waals surface area contributed by atoms with Crippen LogP contribution in [0.4, 0.5) is 5.69 Å². The molecule has 3 rings (SSSR count). The molecule has 24 heavy (non-hydrogen) atoms. The van der Waals surface area contributed by atoms with E-state index in [9.17, 15) is 0 Å². The van der Waals surface area contributed by atoms with Gasteiger partial charge < -0.3 is 8.99 Å². The fourth-order valence-electron chi connectivity index (χ4n) is 2.43. The zero-order valence-corrected chi connectivity index (χ0v) is 15.1. The molecule has 5 heteroatoms. The number of benzene rings is 2. The van der Waals surface area contributed by atoms with Gasteiger partial charge in [-0.2, -0.15) is 0 Å². The quantitative estimate of drug-likeness (QED) is 0.518. The van der Waals surface area contributed by atoms with Crippen molar-refractivity contribution in [3.8, 4) is 5.75 Å². The van der Waals surface area contributed by atoms with Crippen molar-refractivity contribution in [3.05, 3.63) is 78.4 Å². The molecular formula is C19H20N3OSi. The Kier molecular flexibility index (Phi) is 4.91. The molecule has 0 aliphatic carbocycles. The second kappa shape index (κ2) is 7.27. The summed E-state index contributed by atoms with van der Waals surface area (Å²) in [6.07, 6.45) is 3.62. The van der Waals surface area contributed by atoms with E-state index >= 15 is 0 Å². The van der Waals surface area contributed by atoms with Crippen molar-refractivity contribution in [1.29, 1.82) is 0 Å². The molecule has 0 saturated heterocycles. The molecule has 0 bridgehead atoms. The third kappa shape index (κ3) is 3.63. The lowest BCUT2D eigenvalue weighted by Gasteiger charge is -2.13. The lowest BCUT2D eigenvalue weighted by Crippen LogP contribution is -2.12. The summed E-state index contributed by atoms with van der Waals surface area (Å²) in [5.74, 6) is 0.826. The molecule has 4 nitrogen and oxygen atoms in total. The molecule has 0 unspecified atom stereocenters. The van der Waals surface area contributed by atoms with Gasteiger partial charge in [0, 0.05) is 12.6 Å². The summed E-state index contributed by atoms with van der Waals surface area (Å²) < 4.78 is 7.98. The Labute approximate surface area is 144 Å². The van der Waals surface area contributed by atoms with Gasteiger partial charge in [-0.3, -0.25) is 0 Å². The van der Waals surface area contributed by atoms with Gasteiger partial charge in [0.25, 0.3) is 9.04 Å². The number of aromatic nitrogens is 2. The number of para-hydroxylation sites is 2. The summed E-state index contributed by atoms with van der Waals surface area (Å²) in [6.45, 7) is 4.23. The Morgan fingerprint density at radius 2 is 1.75 bits per heavy atom. The lowest BCUT2D eigenvalue weighted by atomic mass is 10.1. The molecule has 0 N–H and O–H groups in total. The van der Waals surface area contributed by atoms with Crippen molar-refractivity contribution in [2.24, 2.45) is 12.0 Å². The molecule has 2 aromatic carbocycles. The smallest absolute Gasteiger partial charge is 0.274 e. The van der Waals surface area contributed by atoms with Crippen molar-refractivity contribution in [1.82, 2.24) is 9.55 Å². The third-order valence-electron chi connectivity index (χ3n) is 3.52. The molecule has 0 aliphatic rings. The van der Waals surface area contributed by atoms with E-state index in [-0.39, 0.29) is 0 Å². The van der Waals surface area contributed by atoms with E-state index in [0.29, 0.717) is 0 Å². The number of rotatable bonds is 5. The van der Waals surface area contributed by atoms with Gasteiger partial charge in [-0.25, -0.2) is 9.98 Å². The van der Waals surface area contributed by atoms with Gasteiger partial charge in [0.1, 0.15) is 11.4 Å². The number of hydrogen-bond acceptors (Lipinski definition) is 3. The van der Waals surface area contributed by atoms with Crippen LogP contribution in [0, 0.1) is 0 Å². The first-order valence-electron chi connectivity index (χ1n) is 7.83. The third-order valence-corrected chi connectivity index (χ3v) is 4.15. The van der Waals surface area contributed by atoms with Crippen LogP contribution in [-0.2, 0) is 7.05 Å². The SMILES string of the molecule is Cn1cncc1C(=Nc1ccccc1O[Si](C)C)c1ccccc1. The Balaban J connectivity index is 2.14. The molecule has 0 fully saturated rings. The first-order valence-corrected chi connectivity index (χ1v) is 10.2. The Hall–Kier alpha value is -2.66. The highest BCUT2D eigenvalue weighted by Gasteiger charge is 2.13. The van der Waals surface area contributed by atoms with E-state index in [1.807, 2.05) is 60.3 Å². The summed E-state index contributed by atoms with van der Waals surface area (Å²) >= 11 is 0. The second-order valence-corrected chi connectivity index (χ2v) is 7.71. The van der Waals surface area contributed by atoms with E-state index in [1.54, 1.807) is 6.33 Å². The monoisotopic (exact) mass is 334 g/mol. The second-order valence-electron chi connectivity index (χ2n) is 5.69. The Bertz CT molecular complexity index is 841. The molecule has 1 heterocycles. The van der Waals surface area contributed by atoms with Crippen LogP contribution in [0.3, 0.4) is 0 Å². The van der Waals surface area contributed by atoms with Gasteiger partial charge in [-0.15, -0.1) is 0 Å². The topological polar surface area (TPSA) is 39.4 Å². The van der Waals surface area contributed by atoms with Gasteiger partial charge in [-0.1, -0.05) is 42.5 Å². The van der Waals surface area contributed by atoms with E-state index in [1.165, 1.54) is 0 Å². The molecule has 0 amide bonds. The first kappa shape index (κ1) is 16.2. The highest BCUT2D eigenvalue weighted by Crippen LogP contribution is 2.29. The summed E-state index contributed by atoms with van der Waals surface area (Å²) in [5, 5.41) is 0. The predicted molar refractivity (Wildman–Crippen MR) is 99.5 cm³/mol. The van der Waals surface area contributed by atoms with Gasteiger partial charge >= 0.3 is 0 Å².